The van der Waals surface area contributed by atoms with Crippen LogP contribution < -0.4 is 0 Å². The Morgan fingerprint density at radius 3 is 2.26 bits per heavy atom. The van der Waals surface area contributed by atoms with E-state index in [0.717, 1.165) is 12.8 Å². The third-order valence-electron chi connectivity index (χ3n) is 5.13. The molecule has 0 rings (SSSR count). The van der Waals surface area contributed by atoms with Crippen molar-refractivity contribution in [2.45, 2.75) is 72.5 Å². The Kier molecular flexibility index (Phi) is 10.9. The van der Waals surface area contributed by atoms with Gasteiger partial charge in [0.15, 0.2) is 5.76 Å². The number of rotatable bonds is 10. The summed E-state index contributed by atoms with van der Waals surface area (Å²) in [5.41, 5.74) is 0. The lowest BCUT2D eigenvalue weighted by Gasteiger charge is -2.37. The first-order valence-electron chi connectivity index (χ1n) is 9.86. The molecule has 4 nitrogen and oxygen atoms in total. The Bertz CT molecular complexity index is 544. The number of hydrogen-bond donors (Lipinski definition) is 0. The van der Waals surface area contributed by atoms with Gasteiger partial charge in [0, 0.05) is 7.05 Å². The molecule has 2 unspecified atom stereocenters. The molecule has 0 spiro atoms. The predicted octanol–water partition coefficient (Wildman–Crippen LogP) is 6.10. The molecule has 0 aromatic rings. The summed E-state index contributed by atoms with van der Waals surface area (Å²) in [6.07, 6.45) is 12.3. The number of carbonyl (C=O) groups is 1. The quantitative estimate of drug-likeness (QED) is 0.147. The molecule has 0 fully saturated rings. The Balaban J connectivity index is 5.33. The van der Waals surface area contributed by atoms with Gasteiger partial charge >= 0.3 is 5.91 Å². The molecule has 0 aliphatic heterocycles. The second kappa shape index (κ2) is 11.5. The van der Waals surface area contributed by atoms with Crippen molar-refractivity contribution in [3.8, 4) is 0 Å². The van der Waals surface area contributed by atoms with Gasteiger partial charge < -0.3 is 4.43 Å². The summed E-state index contributed by atoms with van der Waals surface area (Å²) < 4.78 is 6.36. The van der Waals surface area contributed by atoms with Crippen LogP contribution in [0.1, 0.15) is 54.4 Å². The molecule has 0 aliphatic carbocycles. The SMILES string of the molecule is CC=CC=CCC(C)CC(C)C=C(O[Si](C)(C)C(C)(C)C)C(=O)N(C)OC. The normalized spacial score (nSPS) is 16.0. The zero-order valence-electron chi connectivity index (χ0n) is 19.1. The maximum absolute atomic E-state index is 12.8. The van der Waals surface area contributed by atoms with Gasteiger partial charge in [-0.25, -0.2) is 5.06 Å². The van der Waals surface area contributed by atoms with Gasteiger partial charge in [-0.05, 0) is 55.8 Å². The minimum Gasteiger partial charge on any atom is -0.540 e. The van der Waals surface area contributed by atoms with Crippen molar-refractivity contribution in [2.75, 3.05) is 14.2 Å². The maximum atomic E-state index is 12.8. The van der Waals surface area contributed by atoms with E-state index < -0.39 is 8.32 Å². The number of carbonyl (C=O) groups excluding carboxylic acids is 1. The monoisotopic (exact) mass is 395 g/mol. The average molecular weight is 396 g/mol. The molecular weight excluding hydrogens is 354 g/mol. The number of allylic oxidation sites excluding steroid dienone is 5. The number of amides is 1. The summed E-state index contributed by atoms with van der Waals surface area (Å²) in [5.74, 6) is 0.955. The number of hydroxylamine groups is 2. The molecule has 0 saturated heterocycles. The summed E-state index contributed by atoms with van der Waals surface area (Å²) in [6, 6.07) is 0. The molecule has 0 N–H and O–H groups in total. The van der Waals surface area contributed by atoms with Crippen molar-refractivity contribution >= 4 is 14.2 Å². The smallest absolute Gasteiger partial charge is 0.310 e. The van der Waals surface area contributed by atoms with Crippen LogP contribution in [0.25, 0.3) is 0 Å². The van der Waals surface area contributed by atoms with E-state index in [0.29, 0.717) is 11.7 Å². The van der Waals surface area contributed by atoms with Gasteiger partial charge in [-0.15, -0.1) is 0 Å². The fourth-order valence-corrected chi connectivity index (χ4v) is 3.38. The number of nitrogens with zero attached hydrogens (tertiary/aromatic N) is 1. The van der Waals surface area contributed by atoms with Gasteiger partial charge in [-0.3, -0.25) is 9.63 Å². The van der Waals surface area contributed by atoms with Crippen molar-refractivity contribution in [3.05, 3.63) is 36.1 Å². The van der Waals surface area contributed by atoms with Gasteiger partial charge in [-0.1, -0.05) is 58.9 Å². The fraction of sp³-hybridized carbons (Fsp3) is 0.682. The van der Waals surface area contributed by atoms with E-state index in [-0.39, 0.29) is 16.9 Å². The topological polar surface area (TPSA) is 38.8 Å². The highest BCUT2D eigenvalue weighted by Gasteiger charge is 2.40. The second-order valence-electron chi connectivity index (χ2n) is 8.89. The Hall–Kier alpha value is -1.33. The molecule has 2 atom stereocenters. The van der Waals surface area contributed by atoms with Gasteiger partial charge in [-0.2, -0.15) is 0 Å². The number of likely N-dealkylation sites (N-methyl/N-ethyl adjacent to an activating group) is 1. The molecule has 0 radical (unpaired) electrons. The first-order valence-corrected chi connectivity index (χ1v) is 12.8. The molecule has 0 aromatic heterocycles. The van der Waals surface area contributed by atoms with Gasteiger partial charge in [0.25, 0.3) is 8.32 Å². The summed E-state index contributed by atoms with van der Waals surface area (Å²) in [6.45, 7) is 17.2. The highest BCUT2D eigenvalue weighted by atomic mass is 28.4. The lowest BCUT2D eigenvalue weighted by atomic mass is 9.94. The van der Waals surface area contributed by atoms with Crippen molar-refractivity contribution in [1.82, 2.24) is 5.06 Å². The minimum absolute atomic E-state index is 0.0200. The molecule has 27 heavy (non-hydrogen) atoms. The second-order valence-corrected chi connectivity index (χ2v) is 13.6. The van der Waals surface area contributed by atoms with E-state index in [1.807, 2.05) is 25.2 Å². The lowest BCUT2D eigenvalue weighted by Crippen LogP contribution is -2.43. The summed E-state index contributed by atoms with van der Waals surface area (Å²) >= 11 is 0. The molecule has 0 bridgehead atoms. The molecule has 0 saturated carbocycles. The summed E-state index contributed by atoms with van der Waals surface area (Å²) in [7, 11) is 0.990. The van der Waals surface area contributed by atoms with Crippen LogP contribution in [0.2, 0.25) is 18.1 Å². The molecule has 0 aromatic carbocycles. The van der Waals surface area contributed by atoms with Crippen LogP contribution in [-0.4, -0.2) is 33.4 Å². The van der Waals surface area contributed by atoms with Crippen LogP contribution >= 0.6 is 0 Å². The lowest BCUT2D eigenvalue weighted by molar-refractivity contribution is -0.166. The molecule has 1 amide bonds. The van der Waals surface area contributed by atoms with Crippen molar-refractivity contribution in [2.24, 2.45) is 11.8 Å². The van der Waals surface area contributed by atoms with E-state index in [9.17, 15) is 4.79 Å². The standard InChI is InChI=1S/C22H41NO3Si/c1-11-12-13-14-15-18(2)16-19(3)17-20(21(24)23(7)25-8)26-27(9,10)22(4,5)6/h11-14,17-19H,15-16H2,1-10H3. The van der Waals surface area contributed by atoms with Crippen LogP contribution in [0.15, 0.2) is 36.1 Å². The first kappa shape index (κ1) is 25.7. The average Bonchev–Trinajstić information content (AvgIpc) is 2.55. The van der Waals surface area contributed by atoms with Crippen LogP contribution in [0.3, 0.4) is 0 Å². The van der Waals surface area contributed by atoms with Crippen LogP contribution in [0.5, 0.6) is 0 Å². The zero-order valence-corrected chi connectivity index (χ0v) is 20.1. The Morgan fingerprint density at radius 2 is 1.78 bits per heavy atom. The highest BCUT2D eigenvalue weighted by molar-refractivity contribution is 6.74. The van der Waals surface area contributed by atoms with Gasteiger partial charge in [0.1, 0.15) is 0 Å². The van der Waals surface area contributed by atoms with Crippen LogP contribution in [0, 0.1) is 11.8 Å². The maximum Gasteiger partial charge on any atom is 0.310 e. The predicted molar refractivity (Wildman–Crippen MR) is 118 cm³/mol. The van der Waals surface area contributed by atoms with E-state index in [1.165, 1.54) is 12.2 Å². The zero-order chi connectivity index (χ0) is 21.3. The van der Waals surface area contributed by atoms with Crippen LogP contribution in [0.4, 0.5) is 0 Å². The summed E-state index contributed by atoms with van der Waals surface area (Å²) in [5, 5.41) is 1.25. The molecule has 5 heteroatoms. The minimum atomic E-state index is -2.12. The van der Waals surface area contributed by atoms with Gasteiger partial charge in [0.2, 0.25) is 0 Å². The van der Waals surface area contributed by atoms with Crippen molar-refractivity contribution in [1.29, 1.82) is 0 Å². The summed E-state index contributed by atoms with van der Waals surface area (Å²) in [4.78, 5) is 17.8. The highest BCUT2D eigenvalue weighted by Crippen LogP contribution is 2.38. The van der Waals surface area contributed by atoms with E-state index in [4.69, 9.17) is 9.26 Å². The van der Waals surface area contributed by atoms with Crippen LogP contribution in [-0.2, 0) is 14.1 Å². The Labute approximate surface area is 168 Å². The largest absolute Gasteiger partial charge is 0.540 e. The number of hydrogen-bond acceptors (Lipinski definition) is 3. The molecule has 0 heterocycles. The molecular formula is C22H41NO3Si. The van der Waals surface area contributed by atoms with Crippen molar-refractivity contribution in [3.63, 3.8) is 0 Å². The van der Waals surface area contributed by atoms with Gasteiger partial charge in [0.05, 0.1) is 7.11 Å². The fourth-order valence-electron chi connectivity index (χ4n) is 2.37. The molecule has 0 aliphatic rings. The van der Waals surface area contributed by atoms with E-state index in [2.05, 4.69) is 59.9 Å². The molecule has 156 valence electrons. The van der Waals surface area contributed by atoms with Crippen molar-refractivity contribution < 1.29 is 14.1 Å². The van der Waals surface area contributed by atoms with E-state index in [1.54, 1.807) is 7.05 Å². The Morgan fingerprint density at radius 1 is 1.19 bits per heavy atom. The third kappa shape index (κ3) is 9.43. The van der Waals surface area contributed by atoms with E-state index >= 15 is 0 Å². The first-order chi connectivity index (χ1) is 12.4. The third-order valence-corrected chi connectivity index (χ3v) is 9.47.